The first-order chi connectivity index (χ1) is 14.7. The van der Waals surface area contributed by atoms with Crippen LogP contribution < -0.4 is 19.5 Å². The topological polar surface area (TPSA) is 99.0 Å². The largest absolute Gasteiger partial charge is 0.497 e. The predicted molar refractivity (Wildman–Crippen MR) is 107 cm³/mol. The molecule has 0 radical (unpaired) electrons. The summed E-state index contributed by atoms with van der Waals surface area (Å²) >= 11 is 0. The maximum Gasteiger partial charge on any atom is 0.322 e. The van der Waals surface area contributed by atoms with E-state index in [0.29, 0.717) is 41.2 Å². The van der Waals surface area contributed by atoms with E-state index in [0.717, 1.165) is 18.4 Å². The molecular weight excluding hydrogens is 388 g/mol. The zero-order valence-corrected chi connectivity index (χ0v) is 16.3. The lowest BCUT2D eigenvalue weighted by atomic mass is 10.2. The maximum absolute atomic E-state index is 12.9. The zero-order chi connectivity index (χ0) is 20.5. The highest BCUT2D eigenvalue weighted by molar-refractivity contribution is 5.90. The fourth-order valence-corrected chi connectivity index (χ4v) is 3.69. The Balaban J connectivity index is 1.32. The number of urea groups is 1. The van der Waals surface area contributed by atoms with Crippen LogP contribution in [0.25, 0.3) is 11.4 Å². The van der Waals surface area contributed by atoms with Gasteiger partial charge in [-0.3, -0.25) is 0 Å². The minimum Gasteiger partial charge on any atom is -0.497 e. The van der Waals surface area contributed by atoms with E-state index in [-0.39, 0.29) is 18.9 Å². The molecule has 0 unspecified atom stereocenters. The molecule has 9 heteroatoms. The van der Waals surface area contributed by atoms with Crippen LogP contribution in [0.5, 0.6) is 17.2 Å². The van der Waals surface area contributed by atoms with Crippen molar-refractivity contribution in [2.75, 3.05) is 25.8 Å². The van der Waals surface area contributed by atoms with Crippen LogP contribution >= 0.6 is 0 Å². The summed E-state index contributed by atoms with van der Waals surface area (Å²) in [7, 11) is 1.61. The summed E-state index contributed by atoms with van der Waals surface area (Å²) in [6.07, 6.45) is 1.62. The Labute approximate surface area is 172 Å². The normalized spacial score (nSPS) is 17.2. The molecule has 2 amide bonds. The number of methoxy groups -OCH3 is 1. The van der Waals surface area contributed by atoms with Crippen molar-refractivity contribution in [2.45, 2.75) is 18.9 Å². The van der Waals surface area contributed by atoms with Crippen LogP contribution in [0.2, 0.25) is 0 Å². The zero-order valence-electron chi connectivity index (χ0n) is 16.3. The first-order valence-electron chi connectivity index (χ1n) is 9.66. The summed E-state index contributed by atoms with van der Waals surface area (Å²) in [6, 6.07) is 12.3. The van der Waals surface area contributed by atoms with Crippen LogP contribution in [0.1, 0.15) is 24.8 Å². The monoisotopic (exact) mass is 408 g/mol. The lowest BCUT2D eigenvalue weighted by Gasteiger charge is -2.22. The highest BCUT2D eigenvalue weighted by atomic mass is 16.7. The van der Waals surface area contributed by atoms with E-state index in [2.05, 4.69) is 15.5 Å². The van der Waals surface area contributed by atoms with Gasteiger partial charge in [-0.25, -0.2) is 4.79 Å². The minimum atomic E-state index is -0.272. The molecule has 1 fully saturated rings. The van der Waals surface area contributed by atoms with Gasteiger partial charge in [0.25, 0.3) is 0 Å². The third kappa shape index (κ3) is 3.38. The number of carbonyl (C=O) groups is 1. The van der Waals surface area contributed by atoms with Crippen molar-refractivity contribution in [2.24, 2.45) is 0 Å². The Morgan fingerprint density at radius 3 is 3.00 bits per heavy atom. The second-order valence-corrected chi connectivity index (χ2v) is 7.04. The number of benzene rings is 2. The van der Waals surface area contributed by atoms with Gasteiger partial charge in [0.2, 0.25) is 18.5 Å². The van der Waals surface area contributed by atoms with Crippen molar-refractivity contribution in [1.29, 1.82) is 0 Å². The summed E-state index contributed by atoms with van der Waals surface area (Å²) in [5.41, 5.74) is 1.43. The van der Waals surface area contributed by atoms with Crippen molar-refractivity contribution in [3.63, 3.8) is 0 Å². The van der Waals surface area contributed by atoms with E-state index in [1.54, 1.807) is 30.2 Å². The number of rotatable bonds is 4. The molecule has 2 aliphatic heterocycles. The molecule has 0 saturated carbocycles. The summed E-state index contributed by atoms with van der Waals surface area (Å²) in [5.74, 6) is 2.89. The number of ether oxygens (including phenoxy) is 3. The van der Waals surface area contributed by atoms with Gasteiger partial charge >= 0.3 is 6.03 Å². The molecule has 1 atom stereocenters. The van der Waals surface area contributed by atoms with Gasteiger partial charge in [-0.15, -0.1) is 0 Å². The molecule has 0 spiro atoms. The van der Waals surface area contributed by atoms with Crippen molar-refractivity contribution < 1.29 is 23.5 Å². The lowest BCUT2D eigenvalue weighted by molar-refractivity contribution is 0.174. The summed E-state index contributed by atoms with van der Waals surface area (Å²) in [6.45, 7) is 0.797. The van der Waals surface area contributed by atoms with Crippen molar-refractivity contribution >= 4 is 11.7 Å². The van der Waals surface area contributed by atoms with E-state index in [4.69, 9.17) is 18.7 Å². The lowest BCUT2D eigenvalue weighted by Crippen LogP contribution is -2.34. The molecule has 3 aromatic rings. The van der Waals surface area contributed by atoms with Gasteiger partial charge in [0.1, 0.15) is 11.8 Å². The van der Waals surface area contributed by atoms with Crippen LogP contribution in [-0.2, 0) is 0 Å². The molecule has 0 aliphatic carbocycles. The Morgan fingerprint density at radius 2 is 2.10 bits per heavy atom. The molecule has 2 aromatic carbocycles. The van der Waals surface area contributed by atoms with Crippen LogP contribution in [0.15, 0.2) is 47.0 Å². The highest BCUT2D eigenvalue weighted by Gasteiger charge is 2.34. The summed E-state index contributed by atoms with van der Waals surface area (Å²) < 4.78 is 21.4. The third-order valence-electron chi connectivity index (χ3n) is 5.19. The molecule has 154 valence electrons. The van der Waals surface area contributed by atoms with E-state index < -0.39 is 0 Å². The fraction of sp³-hybridized carbons (Fsp3) is 0.286. The van der Waals surface area contributed by atoms with Gasteiger partial charge < -0.3 is 29.0 Å². The number of hydrogen-bond acceptors (Lipinski definition) is 7. The molecule has 1 N–H and O–H groups in total. The molecule has 30 heavy (non-hydrogen) atoms. The molecule has 5 rings (SSSR count). The van der Waals surface area contributed by atoms with Crippen molar-refractivity contribution in [3.05, 3.63) is 48.4 Å². The standard InChI is InChI=1S/C21H20N4O5/c1-27-15-5-2-4-13(10-15)19-23-20(30-24-19)16-6-3-9-25(16)21(26)22-14-7-8-17-18(11-14)29-12-28-17/h2,4-5,7-8,10-11,16H,3,6,9,12H2,1H3,(H,22,26)/t16-/m1/s1. The number of fused-ring (bicyclic) bond motifs is 1. The van der Waals surface area contributed by atoms with Gasteiger partial charge in [0.05, 0.1) is 7.11 Å². The average Bonchev–Trinajstić information content (AvgIpc) is 3.53. The van der Waals surface area contributed by atoms with E-state index in [9.17, 15) is 4.79 Å². The van der Waals surface area contributed by atoms with Crippen molar-refractivity contribution in [1.82, 2.24) is 15.0 Å². The molecular formula is C21H20N4O5. The first kappa shape index (κ1) is 18.3. The van der Waals surface area contributed by atoms with Crippen LogP contribution in [0.3, 0.4) is 0 Å². The Bertz CT molecular complexity index is 1080. The molecule has 0 bridgehead atoms. The number of anilines is 1. The molecule has 2 aliphatic rings. The number of nitrogens with zero attached hydrogens (tertiary/aromatic N) is 3. The first-order valence-corrected chi connectivity index (χ1v) is 9.66. The molecule has 1 saturated heterocycles. The average molecular weight is 408 g/mol. The summed E-state index contributed by atoms with van der Waals surface area (Å²) in [4.78, 5) is 19.1. The molecule has 3 heterocycles. The predicted octanol–water partition coefficient (Wildman–Crippen LogP) is 3.84. The third-order valence-corrected chi connectivity index (χ3v) is 5.19. The number of carbonyl (C=O) groups excluding carboxylic acids is 1. The van der Waals surface area contributed by atoms with Crippen LogP contribution in [0.4, 0.5) is 10.5 Å². The van der Waals surface area contributed by atoms with Gasteiger partial charge in [-0.1, -0.05) is 17.3 Å². The number of aromatic nitrogens is 2. The Hall–Kier alpha value is -3.75. The van der Waals surface area contributed by atoms with Gasteiger partial charge in [-0.2, -0.15) is 4.98 Å². The fourth-order valence-electron chi connectivity index (χ4n) is 3.69. The molecule has 1 aromatic heterocycles. The second-order valence-electron chi connectivity index (χ2n) is 7.04. The highest BCUT2D eigenvalue weighted by Crippen LogP contribution is 2.36. The Kier molecular flexibility index (Phi) is 4.62. The number of likely N-dealkylation sites (tertiary alicyclic amines) is 1. The summed E-state index contributed by atoms with van der Waals surface area (Å²) in [5, 5.41) is 7.00. The number of nitrogens with one attached hydrogen (secondary N) is 1. The quantitative estimate of drug-likeness (QED) is 0.700. The smallest absolute Gasteiger partial charge is 0.322 e. The Morgan fingerprint density at radius 1 is 1.20 bits per heavy atom. The SMILES string of the molecule is COc1cccc(-c2noc([C@H]3CCCN3C(=O)Nc3ccc4c(c3)OCO4)n2)c1. The van der Waals surface area contributed by atoms with Gasteiger partial charge in [-0.05, 0) is 37.1 Å². The van der Waals surface area contributed by atoms with E-state index in [1.807, 2.05) is 24.3 Å². The van der Waals surface area contributed by atoms with Gasteiger partial charge in [0, 0.05) is 23.9 Å². The second kappa shape index (κ2) is 7.58. The molecule has 9 nitrogen and oxygen atoms in total. The van der Waals surface area contributed by atoms with E-state index >= 15 is 0 Å². The van der Waals surface area contributed by atoms with Crippen LogP contribution in [0, 0.1) is 0 Å². The number of hydrogen-bond donors (Lipinski definition) is 1. The van der Waals surface area contributed by atoms with Crippen molar-refractivity contribution in [3.8, 4) is 28.6 Å². The minimum absolute atomic E-state index is 0.188. The number of amides is 2. The maximum atomic E-state index is 12.9. The van der Waals surface area contributed by atoms with E-state index in [1.165, 1.54) is 0 Å². The van der Waals surface area contributed by atoms with Gasteiger partial charge in [0.15, 0.2) is 11.5 Å². The van der Waals surface area contributed by atoms with Crippen LogP contribution in [-0.4, -0.2) is 41.5 Å².